The topological polar surface area (TPSA) is 317 Å². The first kappa shape index (κ1) is 41.3. The van der Waals surface area contributed by atoms with E-state index >= 15 is 0 Å². The number of anilines is 4. The summed E-state index contributed by atoms with van der Waals surface area (Å²) in [7, 11) is -19.5. The normalized spacial score (nSPS) is 12.2. The third kappa shape index (κ3) is 8.80. The van der Waals surface area contributed by atoms with E-state index in [2.05, 4.69) is 21.3 Å². The average molecular weight is 871 g/mol. The Bertz CT molecular complexity index is 2940. The van der Waals surface area contributed by atoms with E-state index in [1.165, 1.54) is 60.7 Å². The molecular formula is C35H26N4O15S4. The fourth-order valence-electron chi connectivity index (χ4n) is 5.87. The van der Waals surface area contributed by atoms with Crippen LogP contribution in [0.2, 0.25) is 0 Å². The van der Waals surface area contributed by atoms with E-state index in [9.17, 15) is 66.3 Å². The van der Waals surface area contributed by atoms with E-state index in [-0.39, 0.29) is 55.4 Å². The van der Waals surface area contributed by atoms with Crippen LogP contribution in [0.25, 0.3) is 21.5 Å². The highest BCUT2D eigenvalue weighted by Crippen LogP contribution is 2.36. The second kappa shape index (κ2) is 15.2. The number of hydrogen-bond donors (Lipinski definition) is 8. The summed E-state index contributed by atoms with van der Waals surface area (Å²) < 4.78 is 135. The fraction of sp³-hybridized carbons (Fsp3) is 0. The summed E-state index contributed by atoms with van der Waals surface area (Å²) in [4.78, 5) is 36.2. The maximum Gasteiger partial charge on any atom is 0.323 e. The molecule has 0 aliphatic rings. The van der Waals surface area contributed by atoms with Gasteiger partial charge in [-0.2, -0.15) is 33.7 Å². The zero-order valence-electron chi connectivity index (χ0n) is 28.8. The van der Waals surface area contributed by atoms with E-state index < -0.39 is 77.9 Å². The van der Waals surface area contributed by atoms with Crippen LogP contribution in [0.1, 0.15) is 20.7 Å². The molecule has 6 rings (SSSR count). The van der Waals surface area contributed by atoms with E-state index in [0.717, 1.165) is 48.5 Å². The zero-order valence-corrected chi connectivity index (χ0v) is 32.1. The van der Waals surface area contributed by atoms with Gasteiger partial charge in [0.25, 0.3) is 52.3 Å². The van der Waals surface area contributed by atoms with E-state index in [0.29, 0.717) is 0 Å². The predicted octanol–water partition coefficient (Wildman–Crippen LogP) is 5.13. The van der Waals surface area contributed by atoms with E-state index in [4.69, 9.17) is 0 Å². The molecule has 23 heteroatoms. The molecule has 0 aliphatic carbocycles. The quantitative estimate of drug-likeness (QED) is 0.0828. The van der Waals surface area contributed by atoms with Crippen molar-refractivity contribution in [3.8, 4) is 0 Å². The Kier molecular flexibility index (Phi) is 10.8. The molecule has 0 bridgehead atoms. The van der Waals surface area contributed by atoms with Crippen molar-refractivity contribution in [2.24, 2.45) is 0 Å². The highest BCUT2D eigenvalue weighted by molar-refractivity contribution is 7.87. The average Bonchev–Trinajstić information content (AvgIpc) is 3.13. The van der Waals surface area contributed by atoms with Gasteiger partial charge in [0, 0.05) is 44.0 Å². The molecule has 4 amide bonds. The van der Waals surface area contributed by atoms with Crippen molar-refractivity contribution in [3.63, 3.8) is 0 Å². The van der Waals surface area contributed by atoms with Crippen LogP contribution in [0, 0.1) is 0 Å². The third-order valence-corrected chi connectivity index (χ3v) is 12.0. The first-order chi connectivity index (χ1) is 27.0. The van der Waals surface area contributed by atoms with Crippen molar-refractivity contribution in [3.05, 3.63) is 120 Å². The van der Waals surface area contributed by atoms with Crippen molar-refractivity contribution >= 4 is 103 Å². The van der Waals surface area contributed by atoms with Gasteiger partial charge < -0.3 is 21.3 Å². The largest absolute Gasteiger partial charge is 0.323 e. The molecule has 0 heterocycles. The Hall–Kier alpha value is -6.31. The molecule has 0 saturated carbocycles. The molecule has 6 aromatic rings. The Morgan fingerprint density at radius 3 is 1.02 bits per heavy atom. The Morgan fingerprint density at radius 1 is 0.379 bits per heavy atom. The van der Waals surface area contributed by atoms with Crippen molar-refractivity contribution < 1.29 is 66.3 Å². The summed E-state index contributed by atoms with van der Waals surface area (Å²) in [5, 5.41) is 8.60. The first-order valence-corrected chi connectivity index (χ1v) is 21.7. The van der Waals surface area contributed by atoms with Crippen LogP contribution in [0.15, 0.2) is 129 Å². The number of carbonyl (C=O) groups excluding carboxylic acids is 3. The van der Waals surface area contributed by atoms with Gasteiger partial charge in [0.2, 0.25) is 0 Å². The second-order valence-corrected chi connectivity index (χ2v) is 17.7. The van der Waals surface area contributed by atoms with Crippen LogP contribution in [-0.2, 0) is 40.5 Å². The lowest BCUT2D eigenvalue weighted by Gasteiger charge is -2.14. The van der Waals surface area contributed by atoms with E-state index in [1.807, 2.05) is 0 Å². The minimum atomic E-state index is -4.93. The molecule has 0 unspecified atom stereocenters. The molecule has 0 spiro atoms. The molecule has 8 N–H and O–H groups in total. The predicted molar refractivity (Wildman–Crippen MR) is 209 cm³/mol. The number of urea groups is 1. The number of rotatable bonds is 10. The lowest BCUT2D eigenvalue weighted by atomic mass is 10.1. The van der Waals surface area contributed by atoms with Gasteiger partial charge in [0.1, 0.15) is 19.6 Å². The summed E-state index contributed by atoms with van der Waals surface area (Å²) in [6, 6.07) is 20.4. The van der Waals surface area contributed by atoms with Gasteiger partial charge in [-0.1, -0.05) is 24.3 Å². The van der Waals surface area contributed by atoms with Crippen molar-refractivity contribution in [1.82, 2.24) is 0 Å². The maximum atomic E-state index is 13.1. The standard InChI is InChI=1S/C35H26N4O15S4/c40-33(38-25-15-17-27(55(43,44)45)23-3-1-5-29(31(23)25)57(49,50)51)19-7-11-21(12-8-19)36-35(42)37-22-13-9-20(10-14-22)34(41)39-26-16-18-28(56(46,47)48)24-4-2-6-30(32(24)26)58(52,53)54/h1-18H,(H,38,40)(H,39,41)(H2,36,37,42)(H,43,44,45)(H,46,47,48)(H,49,50,51)(H,52,53,54). The summed E-state index contributed by atoms with van der Waals surface area (Å²) in [6.07, 6.45) is 0. The smallest absolute Gasteiger partial charge is 0.321 e. The van der Waals surface area contributed by atoms with Crippen molar-refractivity contribution in [2.75, 3.05) is 21.3 Å². The monoisotopic (exact) mass is 870 g/mol. The van der Waals surface area contributed by atoms with Gasteiger partial charge in [0.05, 0.1) is 11.4 Å². The number of nitrogens with one attached hydrogen (secondary N) is 4. The number of fused-ring (bicyclic) bond motifs is 2. The molecule has 0 aliphatic heterocycles. The molecule has 0 atom stereocenters. The van der Waals surface area contributed by atoms with Gasteiger partial charge in [-0.05, 0) is 84.9 Å². The molecular weight excluding hydrogens is 845 g/mol. The molecule has 0 radical (unpaired) electrons. The fourth-order valence-corrected chi connectivity index (χ4v) is 8.71. The van der Waals surface area contributed by atoms with Crippen LogP contribution >= 0.6 is 0 Å². The zero-order chi connectivity index (χ0) is 42.4. The summed E-state index contributed by atoms with van der Waals surface area (Å²) in [5.74, 6) is -1.60. The number of hydrogen-bond acceptors (Lipinski definition) is 11. The summed E-state index contributed by atoms with van der Waals surface area (Å²) >= 11 is 0. The SMILES string of the molecule is O=C(Nc1ccc(C(=O)Nc2ccc(S(=O)(=O)O)c3cccc(S(=O)(=O)O)c23)cc1)Nc1ccc(C(=O)Nc2ccc(S(=O)(=O)O)c3cccc(S(=O)(=O)O)c23)cc1. The highest BCUT2D eigenvalue weighted by atomic mass is 32.2. The Morgan fingerprint density at radius 2 is 0.707 bits per heavy atom. The van der Waals surface area contributed by atoms with Crippen LogP contribution in [0.4, 0.5) is 27.5 Å². The van der Waals surface area contributed by atoms with E-state index in [1.54, 1.807) is 0 Å². The molecule has 6 aromatic carbocycles. The molecule has 300 valence electrons. The van der Waals surface area contributed by atoms with Gasteiger partial charge >= 0.3 is 6.03 Å². The molecule has 0 saturated heterocycles. The van der Waals surface area contributed by atoms with Gasteiger partial charge in [-0.3, -0.25) is 27.8 Å². The molecule has 0 aromatic heterocycles. The van der Waals surface area contributed by atoms with Crippen LogP contribution in [-0.4, -0.2) is 69.7 Å². The molecule has 19 nitrogen and oxygen atoms in total. The van der Waals surface area contributed by atoms with Crippen molar-refractivity contribution in [2.45, 2.75) is 19.6 Å². The minimum Gasteiger partial charge on any atom is -0.321 e. The second-order valence-electron chi connectivity index (χ2n) is 12.1. The van der Waals surface area contributed by atoms with Gasteiger partial charge in [-0.15, -0.1) is 0 Å². The van der Waals surface area contributed by atoms with Crippen LogP contribution in [0.5, 0.6) is 0 Å². The first-order valence-electron chi connectivity index (χ1n) is 15.9. The molecule has 0 fully saturated rings. The lowest BCUT2D eigenvalue weighted by molar-refractivity contribution is 0.101. The summed E-state index contributed by atoms with van der Waals surface area (Å²) in [5.41, 5.74) is 0.0106. The van der Waals surface area contributed by atoms with Crippen molar-refractivity contribution in [1.29, 1.82) is 0 Å². The van der Waals surface area contributed by atoms with Crippen LogP contribution < -0.4 is 21.3 Å². The number of amides is 4. The Labute approximate surface area is 328 Å². The minimum absolute atomic E-state index is 0.00717. The number of benzene rings is 6. The maximum absolute atomic E-state index is 13.1. The lowest BCUT2D eigenvalue weighted by Crippen LogP contribution is -2.20. The molecule has 58 heavy (non-hydrogen) atoms. The number of carbonyl (C=O) groups is 3. The Balaban J connectivity index is 1.13. The summed E-state index contributed by atoms with van der Waals surface area (Å²) in [6.45, 7) is 0. The van der Waals surface area contributed by atoms with Crippen LogP contribution in [0.3, 0.4) is 0 Å². The van der Waals surface area contributed by atoms with Gasteiger partial charge in [0.15, 0.2) is 0 Å². The highest BCUT2D eigenvalue weighted by Gasteiger charge is 2.25. The van der Waals surface area contributed by atoms with Gasteiger partial charge in [-0.25, -0.2) is 4.79 Å². The third-order valence-electron chi connectivity index (χ3n) is 8.34.